The average molecular weight is 379 g/mol. The van der Waals surface area contributed by atoms with E-state index in [1.54, 1.807) is 10.9 Å². The molecule has 5 nitrogen and oxygen atoms in total. The highest BCUT2D eigenvalue weighted by Gasteiger charge is 2.15. The van der Waals surface area contributed by atoms with Crippen molar-refractivity contribution in [3.05, 3.63) is 50.3 Å². The topological polar surface area (TPSA) is 53.4 Å². The van der Waals surface area contributed by atoms with Gasteiger partial charge < -0.3 is 9.47 Å². The Bertz CT molecular complexity index is 919. The van der Waals surface area contributed by atoms with Gasteiger partial charge in [0.05, 0.1) is 18.3 Å². The van der Waals surface area contributed by atoms with Gasteiger partial charge in [-0.25, -0.2) is 4.98 Å². The first-order valence-electron chi connectivity index (χ1n) is 6.73. The summed E-state index contributed by atoms with van der Waals surface area (Å²) in [7, 11) is 0. The molecule has 0 radical (unpaired) electrons. The molecule has 0 aliphatic carbocycles. The van der Waals surface area contributed by atoms with Crippen LogP contribution in [0.4, 0.5) is 0 Å². The second-order valence-electron chi connectivity index (χ2n) is 4.90. The summed E-state index contributed by atoms with van der Waals surface area (Å²) in [6.45, 7) is 1.52. The van der Waals surface area contributed by atoms with Gasteiger partial charge in [-0.3, -0.25) is 9.36 Å². The van der Waals surface area contributed by atoms with Crippen molar-refractivity contribution in [2.24, 2.45) is 0 Å². The largest absolute Gasteiger partial charge is 0.486 e. The minimum Gasteiger partial charge on any atom is -0.486 e. The Kier molecular flexibility index (Phi) is 3.38. The van der Waals surface area contributed by atoms with Gasteiger partial charge in [-0.1, -0.05) is 15.9 Å². The van der Waals surface area contributed by atoms with Crippen LogP contribution in [0.2, 0.25) is 0 Å². The summed E-state index contributed by atoms with van der Waals surface area (Å²) < 4.78 is 13.6. The molecule has 22 heavy (non-hydrogen) atoms. The molecule has 0 fully saturated rings. The lowest BCUT2D eigenvalue weighted by atomic mass is 10.2. The second kappa shape index (κ2) is 5.40. The van der Waals surface area contributed by atoms with Crippen molar-refractivity contribution >= 4 is 37.5 Å². The lowest BCUT2D eigenvalue weighted by molar-refractivity contribution is 0.171. The van der Waals surface area contributed by atoms with E-state index in [-0.39, 0.29) is 5.56 Å². The monoisotopic (exact) mass is 378 g/mol. The summed E-state index contributed by atoms with van der Waals surface area (Å²) in [5.74, 6) is 1.43. The van der Waals surface area contributed by atoms with Crippen LogP contribution in [-0.2, 0) is 6.54 Å². The third-order valence-electron chi connectivity index (χ3n) is 3.50. The van der Waals surface area contributed by atoms with E-state index < -0.39 is 0 Å². The van der Waals surface area contributed by atoms with Crippen molar-refractivity contribution in [1.82, 2.24) is 9.55 Å². The normalized spacial score (nSPS) is 13.5. The van der Waals surface area contributed by atoms with Crippen LogP contribution in [0.3, 0.4) is 0 Å². The maximum Gasteiger partial charge on any atom is 0.262 e. The second-order valence-corrected chi connectivity index (χ2v) is 6.65. The fourth-order valence-electron chi connectivity index (χ4n) is 2.42. The van der Waals surface area contributed by atoms with E-state index in [0.717, 1.165) is 20.6 Å². The first-order valence-corrected chi connectivity index (χ1v) is 8.40. The highest BCUT2D eigenvalue weighted by atomic mass is 79.9. The van der Waals surface area contributed by atoms with Gasteiger partial charge in [-0.2, -0.15) is 0 Å². The van der Waals surface area contributed by atoms with Gasteiger partial charge in [0.25, 0.3) is 5.56 Å². The summed E-state index contributed by atoms with van der Waals surface area (Å²) in [6.07, 6.45) is 1.59. The molecule has 4 rings (SSSR count). The van der Waals surface area contributed by atoms with E-state index in [0.29, 0.717) is 30.9 Å². The van der Waals surface area contributed by atoms with Gasteiger partial charge in [0.1, 0.15) is 18.0 Å². The third-order valence-corrected chi connectivity index (χ3v) is 5.06. The Labute approximate surface area is 138 Å². The fraction of sp³-hybridized carbons (Fsp3) is 0.200. The number of aromatic nitrogens is 2. The number of nitrogens with zero attached hydrogens (tertiary/aromatic N) is 2. The summed E-state index contributed by atoms with van der Waals surface area (Å²) in [5, 5.41) is 2.53. The number of thiophene rings is 1. The Morgan fingerprint density at radius 2 is 2.05 bits per heavy atom. The number of hydrogen-bond donors (Lipinski definition) is 0. The van der Waals surface area contributed by atoms with Crippen LogP contribution in [0.5, 0.6) is 11.5 Å². The minimum atomic E-state index is -0.0342. The number of fused-ring (bicyclic) bond motifs is 2. The van der Waals surface area contributed by atoms with Crippen molar-refractivity contribution in [2.45, 2.75) is 6.54 Å². The SMILES string of the molecule is O=c1c2ccsc2ncn1Cc1cc2c(cc1Br)OCCO2. The molecule has 0 amide bonds. The molecule has 7 heteroatoms. The Hall–Kier alpha value is -1.86. The number of ether oxygens (including phenoxy) is 2. The summed E-state index contributed by atoms with van der Waals surface area (Å²) >= 11 is 5.00. The molecule has 1 aliphatic rings. The molecular formula is C15H11BrN2O3S. The van der Waals surface area contributed by atoms with Crippen LogP contribution in [0.1, 0.15) is 5.56 Å². The lowest BCUT2D eigenvalue weighted by Gasteiger charge is -2.20. The van der Waals surface area contributed by atoms with Crippen LogP contribution in [0.25, 0.3) is 10.2 Å². The molecule has 0 saturated heterocycles. The summed E-state index contributed by atoms with van der Waals surface area (Å²) in [6, 6.07) is 5.60. The zero-order valence-corrected chi connectivity index (χ0v) is 13.8. The van der Waals surface area contributed by atoms with Gasteiger partial charge in [-0.05, 0) is 29.1 Å². The van der Waals surface area contributed by atoms with Crippen LogP contribution in [-0.4, -0.2) is 22.8 Å². The Morgan fingerprint density at radius 1 is 1.27 bits per heavy atom. The fourth-order valence-corrected chi connectivity index (χ4v) is 3.59. The van der Waals surface area contributed by atoms with Crippen molar-refractivity contribution in [1.29, 1.82) is 0 Å². The van der Waals surface area contributed by atoms with E-state index in [2.05, 4.69) is 20.9 Å². The van der Waals surface area contributed by atoms with Crippen molar-refractivity contribution in [2.75, 3.05) is 13.2 Å². The van der Waals surface area contributed by atoms with Crippen LogP contribution < -0.4 is 15.0 Å². The highest BCUT2D eigenvalue weighted by molar-refractivity contribution is 9.10. The van der Waals surface area contributed by atoms with Gasteiger partial charge in [0, 0.05) is 4.47 Å². The van der Waals surface area contributed by atoms with E-state index in [4.69, 9.17) is 9.47 Å². The first-order chi connectivity index (χ1) is 10.7. The molecule has 0 unspecified atom stereocenters. The van der Waals surface area contributed by atoms with E-state index in [9.17, 15) is 4.79 Å². The maximum absolute atomic E-state index is 12.5. The van der Waals surface area contributed by atoms with E-state index in [1.165, 1.54) is 11.3 Å². The number of rotatable bonds is 2. The van der Waals surface area contributed by atoms with E-state index >= 15 is 0 Å². The predicted octanol–water partition coefficient (Wildman–Crippen LogP) is 3.04. The van der Waals surface area contributed by atoms with Crippen molar-refractivity contribution in [3.63, 3.8) is 0 Å². The maximum atomic E-state index is 12.5. The molecule has 2 aromatic heterocycles. The van der Waals surface area contributed by atoms with Crippen LogP contribution in [0.15, 0.2) is 39.2 Å². The highest BCUT2D eigenvalue weighted by Crippen LogP contribution is 2.35. The number of hydrogen-bond acceptors (Lipinski definition) is 5. The van der Waals surface area contributed by atoms with Crippen molar-refractivity contribution < 1.29 is 9.47 Å². The van der Waals surface area contributed by atoms with Crippen LogP contribution in [0, 0.1) is 0 Å². The molecule has 112 valence electrons. The van der Waals surface area contributed by atoms with Gasteiger partial charge in [0.15, 0.2) is 11.5 Å². The van der Waals surface area contributed by atoms with Gasteiger partial charge in [0.2, 0.25) is 0 Å². The van der Waals surface area contributed by atoms with Gasteiger partial charge in [-0.15, -0.1) is 11.3 Å². The first kappa shape index (κ1) is 13.8. The smallest absolute Gasteiger partial charge is 0.262 e. The zero-order valence-electron chi connectivity index (χ0n) is 11.4. The molecule has 0 spiro atoms. The third kappa shape index (κ3) is 2.30. The molecule has 0 saturated carbocycles. The van der Waals surface area contributed by atoms with Gasteiger partial charge >= 0.3 is 0 Å². The van der Waals surface area contributed by atoms with Crippen molar-refractivity contribution in [3.8, 4) is 11.5 Å². The Morgan fingerprint density at radius 3 is 2.86 bits per heavy atom. The molecule has 1 aliphatic heterocycles. The average Bonchev–Trinajstić information content (AvgIpc) is 3.00. The molecule has 3 heterocycles. The quantitative estimate of drug-likeness (QED) is 0.687. The standard InChI is InChI=1S/C15H11BrN2O3S/c16-11-6-13-12(20-2-3-21-13)5-9(11)7-18-8-17-14-10(15(18)19)1-4-22-14/h1,4-6,8H,2-3,7H2. The number of halogens is 1. The molecule has 1 aromatic carbocycles. The van der Waals surface area contributed by atoms with Crippen LogP contribution >= 0.6 is 27.3 Å². The lowest BCUT2D eigenvalue weighted by Crippen LogP contribution is -2.21. The zero-order chi connectivity index (χ0) is 15.1. The Balaban J connectivity index is 1.76. The summed E-state index contributed by atoms with van der Waals surface area (Å²) in [4.78, 5) is 17.5. The molecule has 0 N–H and O–H groups in total. The predicted molar refractivity (Wildman–Crippen MR) is 88.1 cm³/mol. The molecule has 0 bridgehead atoms. The minimum absolute atomic E-state index is 0.0342. The summed E-state index contributed by atoms with van der Waals surface area (Å²) in [5.41, 5.74) is 0.913. The molecular weight excluding hydrogens is 368 g/mol. The van der Waals surface area contributed by atoms with E-state index in [1.807, 2.05) is 23.6 Å². The number of benzene rings is 1. The molecule has 3 aromatic rings. The molecule has 0 atom stereocenters.